The van der Waals surface area contributed by atoms with Crippen LogP contribution in [-0.2, 0) is 0 Å². The first-order chi connectivity index (χ1) is 8.65. The van der Waals surface area contributed by atoms with Crippen LogP contribution in [-0.4, -0.2) is 39.2 Å². The summed E-state index contributed by atoms with van der Waals surface area (Å²) in [7, 11) is 1.56. The molecule has 2 heterocycles. The molecule has 0 aliphatic carbocycles. The number of rotatable bonds is 3. The molecule has 0 atom stereocenters. The van der Waals surface area contributed by atoms with Crippen molar-refractivity contribution in [3.05, 3.63) is 4.88 Å². The van der Waals surface area contributed by atoms with Gasteiger partial charge in [-0.05, 0) is 13.0 Å². The number of amides is 1. The number of nitrogen functional groups attached to an aromatic ring is 1. The van der Waals surface area contributed by atoms with E-state index in [1.165, 1.54) is 11.3 Å². The van der Waals surface area contributed by atoms with E-state index in [1.807, 2.05) is 0 Å². The monoisotopic (exact) mass is 270 g/mol. The second kappa shape index (κ2) is 5.45. The normalized spacial score (nSPS) is 16.4. The van der Waals surface area contributed by atoms with Crippen LogP contribution < -0.4 is 26.4 Å². The van der Waals surface area contributed by atoms with Crippen LogP contribution in [0.2, 0.25) is 0 Å². The minimum atomic E-state index is -0.505. The van der Waals surface area contributed by atoms with Crippen LogP contribution in [0.4, 0.5) is 10.7 Å². The lowest BCUT2D eigenvalue weighted by molar-refractivity contribution is 0.100. The lowest BCUT2D eigenvalue weighted by Gasteiger charge is -2.21. The van der Waals surface area contributed by atoms with Crippen LogP contribution in [0.3, 0.4) is 0 Å². The molecule has 1 aliphatic rings. The smallest absolute Gasteiger partial charge is 0.261 e. The Morgan fingerprint density at radius 1 is 1.44 bits per heavy atom. The van der Waals surface area contributed by atoms with Crippen molar-refractivity contribution in [3.8, 4) is 5.75 Å². The first-order valence-electron chi connectivity index (χ1n) is 5.87. The number of carbonyl (C=O) groups is 1. The van der Waals surface area contributed by atoms with Gasteiger partial charge in [0.15, 0.2) is 5.75 Å². The number of primary amides is 1. The fourth-order valence-electron chi connectivity index (χ4n) is 2.05. The molecular formula is C11H18N4O2S. The van der Waals surface area contributed by atoms with Crippen molar-refractivity contribution >= 4 is 27.9 Å². The summed E-state index contributed by atoms with van der Waals surface area (Å²) in [6, 6.07) is 0. The summed E-state index contributed by atoms with van der Waals surface area (Å²) in [5, 5.41) is 4.22. The summed E-state index contributed by atoms with van der Waals surface area (Å²) < 4.78 is 5.32. The molecule has 0 aromatic carbocycles. The van der Waals surface area contributed by atoms with Crippen molar-refractivity contribution in [2.75, 3.05) is 43.9 Å². The molecule has 7 heteroatoms. The molecule has 2 rings (SSSR count). The maximum absolute atomic E-state index is 11.3. The topological polar surface area (TPSA) is 93.6 Å². The summed E-state index contributed by atoms with van der Waals surface area (Å²) >= 11 is 1.31. The summed E-state index contributed by atoms with van der Waals surface area (Å²) in [4.78, 5) is 13.9. The number of methoxy groups -OCH3 is 1. The van der Waals surface area contributed by atoms with Crippen molar-refractivity contribution in [1.29, 1.82) is 0 Å². The minimum absolute atomic E-state index is 0.349. The number of nitrogens with zero attached hydrogens (tertiary/aromatic N) is 1. The summed E-state index contributed by atoms with van der Waals surface area (Å²) in [5.74, 6) is 0.0608. The highest BCUT2D eigenvalue weighted by atomic mass is 32.1. The third kappa shape index (κ3) is 2.37. The van der Waals surface area contributed by atoms with Crippen LogP contribution in [0.15, 0.2) is 0 Å². The number of nitrogens with two attached hydrogens (primary N) is 2. The van der Waals surface area contributed by atoms with E-state index in [9.17, 15) is 4.79 Å². The number of carbonyl (C=O) groups excluding carboxylic acids is 1. The minimum Gasteiger partial charge on any atom is -0.492 e. The molecule has 0 saturated carbocycles. The van der Waals surface area contributed by atoms with E-state index < -0.39 is 5.91 Å². The van der Waals surface area contributed by atoms with Crippen molar-refractivity contribution in [3.63, 3.8) is 0 Å². The Hall–Kier alpha value is -1.47. The van der Waals surface area contributed by atoms with Crippen molar-refractivity contribution in [1.82, 2.24) is 5.32 Å². The zero-order valence-corrected chi connectivity index (χ0v) is 11.2. The third-order valence-electron chi connectivity index (χ3n) is 2.94. The average molecular weight is 270 g/mol. The summed E-state index contributed by atoms with van der Waals surface area (Å²) in [6.45, 7) is 3.70. The molecule has 1 aliphatic heterocycles. The Morgan fingerprint density at radius 3 is 2.89 bits per heavy atom. The highest BCUT2D eigenvalue weighted by molar-refractivity contribution is 7.19. The lowest BCUT2D eigenvalue weighted by Crippen LogP contribution is -2.27. The largest absolute Gasteiger partial charge is 0.492 e. The molecule has 5 N–H and O–H groups in total. The SMILES string of the molecule is COc1c(N2CCCNCC2)sc(C(N)=O)c1N. The van der Waals surface area contributed by atoms with Crippen molar-refractivity contribution < 1.29 is 9.53 Å². The zero-order chi connectivity index (χ0) is 13.1. The van der Waals surface area contributed by atoms with Gasteiger partial charge >= 0.3 is 0 Å². The molecule has 0 bridgehead atoms. The molecule has 1 amide bonds. The molecular weight excluding hydrogens is 252 g/mol. The number of ether oxygens (including phenoxy) is 1. The van der Waals surface area contributed by atoms with Gasteiger partial charge in [-0.2, -0.15) is 0 Å². The van der Waals surface area contributed by atoms with Crippen LogP contribution in [0, 0.1) is 0 Å². The van der Waals surface area contributed by atoms with E-state index in [0.29, 0.717) is 16.3 Å². The van der Waals surface area contributed by atoms with Crippen molar-refractivity contribution in [2.24, 2.45) is 5.73 Å². The van der Waals surface area contributed by atoms with E-state index in [0.717, 1.165) is 37.6 Å². The van der Waals surface area contributed by atoms with E-state index in [1.54, 1.807) is 7.11 Å². The van der Waals surface area contributed by atoms with Gasteiger partial charge in [0.1, 0.15) is 15.6 Å². The molecule has 1 saturated heterocycles. The van der Waals surface area contributed by atoms with E-state index in [2.05, 4.69) is 10.2 Å². The number of thiophene rings is 1. The molecule has 100 valence electrons. The highest BCUT2D eigenvalue weighted by Gasteiger charge is 2.24. The van der Waals surface area contributed by atoms with Gasteiger partial charge in [-0.1, -0.05) is 0 Å². The fraction of sp³-hybridized carbons (Fsp3) is 0.545. The summed E-state index contributed by atoms with van der Waals surface area (Å²) in [5.41, 5.74) is 11.6. The number of hydrogen-bond donors (Lipinski definition) is 3. The molecule has 0 radical (unpaired) electrons. The zero-order valence-electron chi connectivity index (χ0n) is 10.4. The third-order valence-corrected chi connectivity index (χ3v) is 4.20. The summed E-state index contributed by atoms with van der Waals surface area (Å²) in [6.07, 6.45) is 1.05. The molecule has 6 nitrogen and oxygen atoms in total. The standard InChI is InChI=1S/C11H18N4O2S/c1-17-8-7(12)9(10(13)16)18-11(8)15-5-2-3-14-4-6-15/h14H,2-6,12H2,1H3,(H2,13,16). The molecule has 0 unspecified atom stereocenters. The Morgan fingerprint density at radius 2 is 2.22 bits per heavy atom. The maximum Gasteiger partial charge on any atom is 0.261 e. The van der Waals surface area contributed by atoms with Gasteiger partial charge in [0.05, 0.1) is 7.11 Å². The number of nitrogens with one attached hydrogen (secondary N) is 1. The second-order valence-corrected chi connectivity index (χ2v) is 5.14. The van der Waals surface area contributed by atoms with Crippen molar-refractivity contribution in [2.45, 2.75) is 6.42 Å². The predicted molar refractivity (Wildman–Crippen MR) is 73.5 cm³/mol. The number of hydrogen-bond acceptors (Lipinski definition) is 6. The van der Waals surface area contributed by atoms with Crippen LogP contribution in [0.5, 0.6) is 5.75 Å². The van der Waals surface area contributed by atoms with E-state index in [4.69, 9.17) is 16.2 Å². The Labute approximate surface area is 110 Å². The average Bonchev–Trinajstić information content (AvgIpc) is 2.54. The van der Waals surface area contributed by atoms with Crippen LogP contribution >= 0.6 is 11.3 Å². The van der Waals surface area contributed by atoms with E-state index >= 15 is 0 Å². The molecule has 1 aromatic heterocycles. The second-order valence-electron chi connectivity index (χ2n) is 4.14. The van der Waals surface area contributed by atoms with E-state index in [-0.39, 0.29) is 0 Å². The first kappa shape index (κ1) is 13.0. The Bertz CT molecular complexity index is 438. The van der Waals surface area contributed by atoms with Gasteiger partial charge in [0.25, 0.3) is 5.91 Å². The molecule has 1 fully saturated rings. The highest BCUT2D eigenvalue weighted by Crippen LogP contribution is 2.44. The Kier molecular flexibility index (Phi) is 3.93. The van der Waals surface area contributed by atoms with Gasteiger partial charge in [0.2, 0.25) is 0 Å². The quantitative estimate of drug-likeness (QED) is 0.731. The predicted octanol–water partition coefficient (Wildman–Crippen LogP) is 0.238. The van der Waals surface area contributed by atoms with Gasteiger partial charge in [-0.15, -0.1) is 11.3 Å². The molecule has 1 aromatic rings. The lowest BCUT2D eigenvalue weighted by atomic mass is 10.3. The van der Waals surface area contributed by atoms with Gasteiger partial charge < -0.3 is 26.4 Å². The van der Waals surface area contributed by atoms with Gasteiger partial charge in [-0.25, -0.2) is 0 Å². The molecule has 0 spiro atoms. The number of anilines is 2. The molecule has 18 heavy (non-hydrogen) atoms. The van der Waals surface area contributed by atoms with Crippen LogP contribution in [0.25, 0.3) is 0 Å². The fourth-order valence-corrected chi connectivity index (χ4v) is 3.15. The maximum atomic E-state index is 11.3. The van der Waals surface area contributed by atoms with Crippen LogP contribution in [0.1, 0.15) is 16.1 Å². The Balaban J connectivity index is 2.36. The van der Waals surface area contributed by atoms with Gasteiger partial charge in [-0.3, -0.25) is 4.79 Å². The first-order valence-corrected chi connectivity index (χ1v) is 6.68. The van der Waals surface area contributed by atoms with Gasteiger partial charge in [0, 0.05) is 19.6 Å².